The summed E-state index contributed by atoms with van der Waals surface area (Å²) in [5.74, 6) is 3.11. The molecule has 0 bridgehead atoms. The highest BCUT2D eigenvalue weighted by atomic mass is 32.2. The van der Waals surface area contributed by atoms with E-state index in [1.807, 2.05) is 56.3 Å². The van der Waals surface area contributed by atoms with Gasteiger partial charge < -0.3 is 24.8 Å². The van der Waals surface area contributed by atoms with Gasteiger partial charge in [0.2, 0.25) is 11.1 Å². The maximum Gasteiger partial charge on any atom is 0.255 e. The highest BCUT2D eigenvalue weighted by Crippen LogP contribution is 2.40. The lowest BCUT2D eigenvalue weighted by Crippen LogP contribution is -2.31. The third-order valence-electron chi connectivity index (χ3n) is 6.21. The molecule has 1 aromatic heterocycles. The van der Waals surface area contributed by atoms with Crippen LogP contribution in [-0.2, 0) is 4.79 Å². The minimum atomic E-state index is -0.539. The largest absolute Gasteiger partial charge is 0.493 e. The lowest BCUT2D eigenvalue weighted by molar-refractivity contribution is -0.113. The molecule has 0 radical (unpaired) electrons. The Morgan fingerprint density at radius 3 is 2.64 bits per heavy atom. The first-order valence-electron chi connectivity index (χ1n) is 13.4. The van der Waals surface area contributed by atoms with Crippen LogP contribution >= 0.6 is 11.8 Å². The number of fused-ring (bicyclic) bond motifs is 1. The summed E-state index contributed by atoms with van der Waals surface area (Å²) in [7, 11) is 1.62. The van der Waals surface area contributed by atoms with Crippen LogP contribution < -0.4 is 24.8 Å². The molecule has 4 rings (SSSR count). The van der Waals surface area contributed by atoms with Gasteiger partial charge in [0, 0.05) is 11.4 Å². The summed E-state index contributed by atoms with van der Waals surface area (Å²) in [4.78, 5) is 18.6. The van der Waals surface area contributed by atoms with Crippen molar-refractivity contribution in [1.29, 1.82) is 0 Å². The molecule has 208 valence electrons. The van der Waals surface area contributed by atoms with Gasteiger partial charge in [-0.15, -0.1) is 5.10 Å². The normalized spacial score (nSPS) is 14.4. The van der Waals surface area contributed by atoms with Crippen molar-refractivity contribution in [2.24, 2.45) is 0 Å². The number of allylic oxidation sites excluding steroid dienone is 1. The highest BCUT2D eigenvalue weighted by molar-refractivity contribution is 7.99. The van der Waals surface area contributed by atoms with Gasteiger partial charge in [0.25, 0.3) is 5.91 Å². The molecule has 2 N–H and O–H groups in total. The van der Waals surface area contributed by atoms with Gasteiger partial charge in [-0.25, -0.2) is 4.68 Å². The van der Waals surface area contributed by atoms with Crippen LogP contribution in [-0.4, -0.2) is 46.7 Å². The molecule has 1 aliphatic rings. The van der Waals surface area contributed by atoms with E-state index in [1.54, 1.807) is 23.6 Å². The van der Waals surface area contributed by atoms with Gasteiger partial charge in [0.1, 0.15) is 11.8 Å². The smallest absolute Gasteiger partial charge is 0.255 e. The van der Waals surface area contributed by atoms with Gasteiger partial charge in [-0.1, -0.05) is 50.2 Å². The van der Waals surface area contributed by atoms with Gasteiger partial charge >= 0.3 is 0 Å². The molecule has 3 aromatic rings. The van der Waals surface area contributed by atoms with Crippen molar-refractivity contribution < 1.29 is 19.0 Å². The number of unbranched alkanes of at least 4 members (excludes halogenated alkanes) is 1. The number of benzene rings is 2. The molecule has 1 unspecified atom stereocenters. The molecule has 39 heavy (non-hydrogen) atoms. The molecule has 0 spiro atoms. The van der Waals surface area contributed by atoms with Crippen LogP contribution in [0.15, 0.2) is 58.9 Å². The van der Waals surface area contributed by atoms with Crippen LogP contribution in [0.2, 0.25) is 0 Å². The van der Waals surface area contributed by atoms with Crippen LogP contribution in [0.4, 0.5) is 11.6 Å². The lowest BCUT2D eigenvalue weighted by atomic mass is 9.94. The Kier molecular flexibility index (Phi) is 9.75. The first kappa shape index (κ1) is 28.4. The second-order valence-electron chi connectivity index (χ2n) is 9.07. The molecule has 2 heterocycles. The summed E-state index contributed by atoms with van der Waals surface area (Å²) >= 11 is 1.59. The van der Waals surface area contributed by atoms with Crippen molar-refractivity contribution in [2.45, 2.75) is 58.2 Å². The van der Waals surface area contributed by atoms with E-state index in [2.05, 4.69) is 24.5 Å². The van der Waals surface area contributed by atoms with Crippen molar-refractivity contribution in [1.82, 2.24) is 14.8 Å². The number of thioether (sulfide) groups is 1. The van der Waals surface area contributed by atoms with E-state index in [4.69, 9.17) is 24.3 Å². The van der Waals surface area contributed by atoms with Crippen LogP contribution in [0.3, 0.4) is 0 Å². The lowest BCUT2D eigenvalue weighted by Gasteiger charge is -2.29. The zero-order chi connectivity index (χ0) is 27.8. The predicted molar refractivity (Wildman–Crippen MR) is 155 cm³/mol. The minimum Gasteiger partial charge on any atom is -0.493 e. The molecular weight excluding hydrogens is 514 g/mol. The first-order valence-corrected chi connectivity index (χ1v) is 14.4. The third-order valence-corrected chi connectivity index (χ3v) is 7.25. The fourth-order valence-corrected chi connectivity index (χ4v) is 5.01. The molecule has 2 aromatic carbocycles. The predicted octanol–water partition coefficient (Wildman–Crippen LogP) is 6.29. The van der Waals surface area contributed by atoms with Crippen molar-refractivity contribution in [3.05, 3.63) is 59.3 Å². The minimum absolute atomic E-state index is 0.261. The SMILES string of the molecule is CCCCOc1ccc(C2C(C(=O)Nc3ccccc3OCC)=C(C)Nc3nc(SCCC)nn32)cc1OC. The van der Waals surface area contributed by atoms with Crippen molar-refractivity contribution in [3.8, 4) is 17.2 Å². The summed E-state index contributed by atoms with van der Waals surface area (Å²) in [6.45, 7) is 9.14. The molecule has 9 nitrogen and oxygen atoms in total. The Balaban J connectivity index is 1.76. The molecule has 0 fully saturated rings. The van der Waals surface area contributed by atoms with Crippen LogP contribution in [0.25, 0.3) is 0 Å². The Morgan fingerprint density at radius 2 is 1.90 bits per heavy atom. The zero-order valence-electron chi connectivity index (χ0n) is 23.2. The number of nitrogens with zero attached hydrogens (tertiary/aromatic N) is 3. The van der Waals surface area contributed by atoms with Gasteiger partial charge in [-0.3, -0.25) is 4.79 Å². The average Bonchev–Trinajstić information content (AvgIpc) is 3.34. The second kappa shape index (κ2) is 13.4. The third kappa shape index (κ3) is 6.50. The van der Waals surface area contributed by atoms with Crippen LogP contribution in [0, 0.1) is 0 Å². The molecule has 0 aliphatic carbocycles. The Bertz CT molecular complexity index is 1320. The number of carbonyl (C=O) groups is 1. The first-order chi connectivity index (χ1) is 19.0. The number of para-hydroxylation sites is 2. The fraction of sp³-hybridized carbons (Fsp3) is 0.414. The Labute approximate surface area is 234 Å². The number of amides is 1. The van der Waals surface area contributed by atoms with Crippen molar-refractivity contribution in [3.63, 3.8) is 0 Å². The van der Waals surface area contributed by atoms with Gasteiger partial charge in [-0.2, -0.15) is 4.98 Å². The standard InChI is InChI=1S/C29H37N5O4S/c1-6-9-16-38-23-15-14-20(18-24(23)36-5)26-25(27(35)31-21-12-10-11-13-22(21)37-8-3)19(4)30-28-32-29(33-34(26)28)39-17-7-2/h10-15,18,26H,6-9,16-17H2,1-5H3,(H,31,35)(H,30,32,33). The van der Waals surface area contributed by atoms with E-state index in [-0.39, 0.29) is 5.91 Å². The zero-order valence-corrected chi connectivity index (χ0v) is 24.1. The molecular formula is C29H37N5O4S. The number of hydrogen-bond acceptors (Lipinski definition) is 8. The molecule has 1 amide bonds. The van der Waals surface area contributed by atoms with Gasteiger partial charge in [-0.05, 0) is 56.5 Å². The van der Waals surface area contributed by atoms with E-state index in [9.17, 15) is 4.79 Å². The number of aromatic nitrogens is 3. The number of methoxy groups -OCH3 is 1. The molecule has 0 saturated heterocycles. The quantitative estimate of drug-likeness (QED) is 0.189. The van der Waals surface area contributed by atoms with Gasteiger partial charge in [0.15, 0.2) is 11.5 Å². The maximum absolute atomic E-state index is 13.9. The maximum atomic E-state index is 13.9. The van der Waals surface area contributed by atoms with E-state index in [0.29, 0.717) is 58.5 Å². The monoisotopic (exact) mass is 551 g/mol. The number of ether oxygens (including phenoxy) is 3. The fourth-order valence-electron chi connectivity index (χ4n) is 4.33. The summed E-state index contributed by atoms with van der Waals surface area (Å²) < 4.78 is 19.2. The number of nitrogens with one attached hydrogen (secondary N) is 2. The molecule has 1 atom stereocenters. The van der Waals surface area contributed by atoms with Crippen LogP contribution in [0.5, 0.6) is 17.2 Å². The summed E-state index contributed by atoms with van der Waals surface area (Å²) in [5, 5.41) is 11.8. The molecule has 1 aliphatic heterocycles. The number of anilines is 2. The average molecular weight is 552 g/mol. The van der Waals surface area contributed by atoms with Crippen LogP contribution in [0.1, 0.15) is 58.6 Å². The van der Waals surface area contributed by atoms with Gasteiger partial charge in [0.05, 0.1) is 31.6 Å². The molecule has 10 heteroatoms. The highest BCUT2D eigenvalue weighted by Gasteiger charge is 2.35. The van der Waals surface area contributed by atoms with Crippen molar-refractivity contribution >= 4 is 29.3 Å². The summed E-state index contributed by atoms with van der Waals surface area (Å²) in [6, 6.07) is 12.6. The number of hydrogen-bond donors (Lipinski definition) is 2. The molecule has 0 saturated carbocycles. The summed E-state index contributed by atoms with van der Waals surface area (Å²) in [6.07, 6.45) is 3.00. The van der Waals surface area contributed by atoms with E-state index >= 15 is 0 Å². The number of rotatable bonds is 13. The second-order valence-corrected chi connectivity index (χ2v) is 10.1. The van der Waals surface area contributed by atoms with Crippen molar-refractivity contribution in [2.75, 3.05) is 36.7 Å². The topological polar surface area (TPSA) is 99.5 Å². The van der Waals surface area contributed by atoms with E-state index < -0.39 is 6.04 Å². The van der Waals surface area contributed by atoms with E-state index in [0.717, 1.165) is 30.6 Å². The van der Waals surface area contributed by atoms with E-state index in [1.165, 1.54) is 0 Å². The number of carbonyl (C=O) groups excluding carboxylic acids is 1. The summed E-state index contributed by atoms with van der Waals surface area (Å²) in [5.41, 5.74) is 2.65. The Hall–Kier alpha value is -3.66. The Morgan fingerprint density at radius 1 is 1.08 bits per heavy atom.